The van der Waals surface area contributed by atoms with Gasteiger partial charge in [-0.25, -0.2) is 4.98 Å². The molecule has 5 heteroatoms. The standard InChI is InChI=1S/C16H21BrN2OS/c1-4-5-18-8-13-7-14(17)6-11(2)16(13)20-9-15-19-12(3)10-21-15/h6-7,10,18H,4-5,8-9H2,1-3H3. The van der Waals surface area contributed by atoms with Gasteiger partial charge in [-0.2, -0.15) is 0 Å². The number of aromatic nitrogens is 1. The molecule has 0 spiro atoms. The summed E-state index contributed by atoms with van der Waals surface area (Å²) in [5, 5.41) is 6.50. The topological polar surface area (TPSA) is 34.1 Å². The number of hydrogen-bond donors (Lipinski definition) is 1. The molecular formula is C16H21BrN2OS. The van der Waals surface area contributed by atoms with Gasteiger partial charge in [0.15, 0.2) is 0 Å². The van der Waals surface area contributed by atoms with Gasteiger partial charge in [-0.1, -0.05) is 22.9 Å². The highest BCUT2D eigenvalue weighted by molar-refractivity contribution is 9.10. The third kappa shape index (κ3) is 4.80. The summed E-state index contributed by atoms with van der Waals surface area (Å²) >= 11 is 5.21. The van der Waals surface area contributed by atoms with Crippen LogP contribution in [0, 0.1) is 13.8 Å². The first-order valence-electron chi connectivity index (χ1n) is 7.13. The van der Waals surface area contributed by atoms with Crippen LogP contribution in [-0.2, 0) is 13.2 Å². The molecule has 0 unspecified atom stereocenters. The third-order valence-electron chi connectivity index (χ3n) is 3.07. The van der Waals surface area contributed by atoms with Crippen LogP contribution in [0.4, 0.5) is 0 Å². The summed E-state index contributed by atoms with van der Waals surface area (Å²) in [5.74, 6) is 0.967. The number of rotatable bonds is 7. The van der Waals surface area contributed by atoms with E-state index in [1.807, 2.05) is 6.92 Å². The van der Waals surface area contributed by atoms with Crippen LogP contribution in [0.5, 0.6) is 5.75 Å². The van der Waals surface area contributed by atoms with Crippen LogP contribution in [0.2, 0.25) is 0 Å². The lowest BCUT2D eigenvalue weighted by Gasteiger charge is -2.15. The van der Waals surface area contributed by atoms with Gasteiger partial charge in [-0.3, -0.25) is 0 Å². The molecule has 0 aliphatic carbocycles. The molecule has 1 N–H and O–H groups in total. The van der Waals surface area contributed by atoms with Crippen LogP contribution in [0.25, 0.3) is 0 Å². The number of hydrogen-bond acceptors (Lipinski definition) is 4. The molecule has 0 saturated carbocycles. The van der Waals surface area contributed by atoms with Crippen LogP contribution in [0.15, 0.2) is 22.0 Å². The molecule has 3 nitrogen and oxygen atoms in total. The molecule has 21 heavy (non-hydrogen) atoms. The number of aryl methyl sites for hydroxylation is 2. The molecule has 114 valence electrons. The molecule has 1 aromatic carbocycles. The molecule has 0 amide bonds. The highest BCUT2D eigenvalue weighted by atomic mass is 79.9. The Morgan fingerprint density at radius 2 is 2.14 bits per heavy atom. The summed E-state index contributed by atoms with van der Waals surface area (Å²) in [6.45, 7) is 8.61. The van der Waals surface area contributed by atoms with Gasteiger partial charge < -0.3 is 10.1 Å². The van der Waals surface area contributed by atoms with Gasteiger partial charge in [-0.05, 0) is 44.5 Å². The van der Waals surface area contributed by atoms with Gasteiger partial charge in [0.1, 0.15) is 17.4 Å². The minimum Gasteiger partial charge on any atom is -0.486 e. The zero-order valence-electron chi connectivity index (χ0n) is 12.7. The van der Waals surface area contributed by atoms with Gasteiger partial charge in [0.2, 0.25) is 0 Å². The Morgan fingerprint density at radius 1 is 1.33 bits per heavy atom. The van der Waals surface area contributed by atoms with Crippen molar-refractivity contribution in [1.82, 2.24) is 10.3 Å². The number of nitrogens with one attached hydrogen (secondary N) is 1. The van der Waals surface area contributed by atoms with E-state index in [9.17, 15) is 0 Å². The molecule has 0 radical (unpaired) electrons. The molecule has 1 aromatic heterocycles. The van der Waals surface area contributed by atoms with E-state index in [1.165, 1.54) is 5.56 Å². The SMILES string of the molecule is CCCNCc1cc(Br)cc(C)c1OCc1nc(C)cs1. The quantitative estimate of drug-likeness (QED) is 0.725. The Labute approximate surface area is 138 Å². The highest BCUT2D eigenvalue weighted by Gasteiger charge is 2.10. The van der Waals surface area contributed by atoms with E-state index in [4.69, 9.17) is 4.74 Å². The lowest BCUT2D eigenvalue weighted by Crippen LogP contribution is -2.15. The Morgan fingerprint density at radius 3 is 2.81 bits per heavy atom. The Hall–Kier alpha value is -0.910. The fourth-order valence-electron chi connectivity index (χ4n) is 2.14. The largest absolute Gasteiger partial charge is 0.486 e. The first-order chi connectivity index (χ1) is 10.1. The van der Waals surface area contributed by atoms with E-state index >= 15 is 0 Å². The molecule has 0 aliphatic heterocycles. The van der Waals surface area contributed by atoms with E-state index in [-0.39, 0.29) is 0 Å². The monoisotopic (exact) mass is 368 g/mol. The number of benzene rings is 1. The fourth-order valence-corrected chi connectivity index (χ4v) is 3.44. The summed E-state index contributed by atoms with van der Waals surface area (Å²) < 4.78 is 7.13. The molecule has 2 rings (SSSR count). The second-order valence-corrected chi connectivity index (χ2v) is 6.92. The number of ether oxygens (including phenoxy) is 1. The van der Waals surface area contributed by atoms with Crippen molar-refractivity contribution < 1.29 is 4.74 Å². The number of halogens is 1. The van der Waals surface area contributed by atoms with E-state index in [1.54, 1.807) is 11.3 Å². The highest BCUT2D eigenvalue weighted by Crippen LogP contribution is 2.29. The van der Waals surface area contributed by atoms with Crippen LogP contribution >= 0.6 is 27.3 Å². The molecule has 0 aliphatic rings. The summed E-state index contributed by atoms with van der Waals surface area (Å²) in [6.07, 6.45) is 1.13. The summed E-state index contributed by atoms with van der Waals surface area (Å²) in [7, 11) is 0. The maximum Gasteiger partial charge on any atom is 0.140 e. The van der Waals surface area contributed by atoms with E-state index in [0.29, 0.717) is 6.61 Å². The molecule has 1 heterocycles. The minimum absolute atomic E-state index is 0.530. The average molecular weight is 369 g/mol. The zero-order chi connectivity index (χ0) is 15.2. The smallest absolute Gasteiger partial charge is 0.140 e. The van der Waals surface area contributed by atoms with Crippen LogP contribution in [0.1, 0.15) is 35.2 Å². The Bertz CT molecular complexity index is 598. The number of thiazole rings is 1. The van der Waals surface area contributed by atoms with Crippen LogP contribution in [0.3, 0.4) is 0 Å². The van der Waals surface area contributed by atoms with Gasteiger partial charge in [0, 0.05) is 27.7 Å². The average Bonchev–Trinajstić information content (AvgIpc) is 2.83. The zero-order valence-corrected chi connectivity index (χ0v) is 15.1. The predicted molar refractivity (Wildman–Crippen MR) is 92.1 cm³/mol. The van der Waals surface area contributed by atoms with Crippen molar-refractivity contribution in [3.63, 3.8) is 0 Å². The van der Waals surface area contributed by atoms with Gasteiger partial charge in [0.05, 0.1) is 0 Å². The lowest BCUT2D eigenvalue weighted by atomic mass is 10.1. The molecule has 0 saturated heterocycles. The van der Waals surface area contributed by atoms with Crippen LogP contribution < -0.4 is 10.1 Å². The summed E-state index contributed by atoms with van der Waals surface area (Å²) in [5.41, 5.74) is 3.38. The second-order valence-electron chi connectivity index (χ2n) is 5.06. The maximum atomic E-state index is 6.04. The fraction of sp³-hybridized carbons (Fsp3) is 0.438. The lowest BCUT2D eigenvalue weighted by molar-refractivity contribution is 0.299. The van der Waals surface area contributed by atoms with Crippen molar-refractivity contribution in [2.75, 3.05) is 6.54 Å². The van der Waals surface area contributed by atoms with Crippen molar-refractivity contribution in [3.8, 4) is 5.75 Å². The van der Waals surface area contributed by atoms with Crippen molar-refractivity contribution in [3.05, 3.63) is 43.8 Å². The van der Waals surface area contributed by atoms with Crippen molar-refractivity contribution >= 4 is 27.3 Å². The molecular weight excluding hydrogens is 348 g/mol. The van der Waals surface area contributed by atoms with E-state index < -0.39 is 0 Å². The molecule has 0 fully saturated rings. The predicted octanol–water partition coefficient (Wildman–Crippen LogP) is 4.60. The van der Waals surface area contributed by atoms with Crippen molar-refractivity contribution in [2.24, 2.45) is 0 Å². The Kier molecular flexibility index (Phi) is 6.21. The van der Waals surface area contributed by atoms with Gasteiger partial charge in [-0.15, -0.1) is 11.3 Å². The molecule has 2 aromatic rings. The van der Waals surface area contributed by atoms with E-state index in [0.717, 1.165) is 46.0 Å². The number of nitrogens with zero attached hydrogens (tertiary/aromatic N) is 1. The Balaban J connectivity index is 2.12. The molecule has 0 atom stereocenters. The van der Waals surface area contributed by atoms with Crippen molar-refractivity contribution in [2.45, 2.75) is 40.3 Å². The molecule has 0 bridgehead atoms. The maximum absolute atomic E-state index is 6.04. The van der Waals surface area contributed by atoms with Gasteiger partial charge >= 0.3 is 0 Å². The third-order valence-corrected chi connectivity index (χ3v) is 4.46. The second kappa shape index (κ2) is 7.92. The first-order valence-corrected chi connectivity index (χ1v) is 8.81. The van der Waals surface area contributed by atoms with E-state index in [2.05, 4.69) is 57.6 Å². The normalized spacial score (nSPS) is 10.9. The minimum atomic E-state index is 0.530. The van der Waals surface area contributed by atoms with Crippen molar-refractivity contribution in [1.29, 1.82) is 0 Å². The summed E-state index contributed by atoms with van der Waals surface area (Å²) in [6, 6.07) is 4.21. The van der Waals surface area contributed by atoms with Crippen LogP contribution in [-0.4, -0.2) is 11.5 Å². The van der Waals surface area contributed by atoms with Gasteiger partial charge in [0.25, 0.3) is 0 Å². The summed E-state index contributed by atoms with van der Waals surface area (Å²) in [4.78, 5) is 4.45. The first kappa shape index (κ1) is 16.5.